The van der Waals surface area contributed by atoms with Crippen molar-refractivity contribution in [2.24, 2.45) is 0 Å². The fraction of sp³-hybridized carbons (Fsp3) is 0.167. The first-order valence-corrected chi connectivity index (χ1v) is 6.54. The van der Waals surface area contributed by atoms with Gasteiger partial charge in [-0.3, -0.25) is 0 Å². The van der Waals surface area contributed by atoms with Crippen molar-refractivity contribution in [3.05, 3.63) is 71.7 Å². The number of benzene rings is 2. The molecule has 0 saturated heterocycles. The van der Waals surface area contributed by atoms with E-state index in [0.717, 1.165) is 6.42 Å². The van der Waals surface area contributed by atoms with Crippen LogP contribution in [-0.4, -0.2) is 0 Å². The Hall–Kier alpha value is -1.82. The molecule has 3 rings (SSSR count). The molecule has 89 valence electrons. The molecule has 0 bridgehead atoms. The zero-order valence-corrected chi connectivity index (χ0v) is 10.9. The highest BCUT2D eigenvalue weighted by Crippen LogP contribution is 2.41. The Morgan fingerprint density at radius 3 is 2.39 bits per heavy atom. The largest absolute Gasteiger partial charge is 0.0622 e. The topological polar surface area (TPSA) is 0 Å². The second kappa shape index (κ2) is 4.45. The lowest BCUT2D eigenvalue weighted by atomic mass is 9.93. The maximum absolute atomic E-state index is 2.31. The summed E-state index contributed by atoms with van der Waals surface area (Å²) in [5.74, 6) is 0. The van der Waals surface area contributed by atoms with Crippen LogP contribution in [0.5, 0.6) is 0 Å². The highest BCUT2D eigenvalue weighted by Gasteiger charge is 2.21. The van der Waals surface area contributed by atoms with Crippen LogP contribution in [0.25, 0.3) is 16.7 Å². The van der Waals surface area contributed by atoms with Gasteiger partial charge in [-0.1, -0.05) is 61.0 Å². The Kier molecular flexibility index (Phi) is 2.79. The highest BCUT2D eigenvalue weighted by atomic mass is 14.2. The van der Waals surface area contributed by atoms with Gasteiger partial charge >= 0.3 is 0 Å². The van der Waals surface area contributed by atoms with Gasteiger partial charge < -0.3 is 0 Å². The van der Waals surface area contributed by atoms with E-state index in [1.807, 2.05) is 0 Å². The van der Waals surface area contributed by atoms with Crippen LogP contribution < -0.4 is 0 Å². The summed E-state index contributed by atoms with van der Waals surface area (Å²) in [6.45, 7) is 4.46. The minimum Gasteiger partial charge on any atom is -0.0622 e. The molecule has 0 heteroatoms. The van der Waals surface area contributed by atoms with E-state index in [2.05, 4.69) is 68.8 Å². The Bertz CT molecular complexity index is 603. The van der Waals surface area contributed by atoms with E-state index in [-0.39, 0.29) is 0 Å². The van der Waals surface area contributed by atoms with Gasteiger partial charge in [-0.15, -0.1) is 0 Å². The van der Waals surface area contributed by atoms with Gasteiger partial charge in [0.25, 0.3) is 0 Å². The molecule has 0 aliphatic heterocycles. The van der Waals surface area contributed by atoms with Gasteiger partial charge in [0.1, 0.15) is 0 Å². The van der Waals surface area contributed by atoms with Crippen molar-refractivity contribution in [1.29, 1.82) is 0 Å². The highest BCUT2D eigenvalue weighted by molar-refractivity contribution is 5.89. The summed E-state index contributed by atoms with van der Waals surface area (Å²) < 4.78 is 0. The Morgan fingerprint density at radius 2 is 1.67 bits per heavy atom. The van der Waals surface area contributed by atoms with E-state index in [0.29, 0.717) is 0 Å². The maximum Gasteiger partial charge on any atom is 0.0164 e. The zero-order valence-electron chi connectivity index (χ0n) is 10.9. The minimum absolute atomic E-state index is 1.10. The molecule has 0 saturated carbocycles. The second-order valence-corrected chi connectivity index (χ2v) is 4.80. The normalized spacial score (nSPS) is 13.9. The van der Waals surface area contributed by atoms with E-state index < -0.39 is 0 Å². The van der Waals surface area contributed by atoms with E-state index in [9.17, 15) is 0 Å². The van der Waals surface area contributed by atoms with E-state index >= 15 is 0 Å². The molecule has 1 radical (unpaired) electrons. The van der Waals surface area contributed by atoms with Crippen LogP contribution in [0, 0.1) is 6.42 Å². The van der Waals surface area contributed by atoms with Crippen molar-refractivity contribution in [2.45, 2.75) is 20.3 Å². The Balaban J connectivity index is 2.23. The van der Waals surface area contributed by atoms with Crippen molar-refractivity contribution in [3.63, 3.8) is 0 Å². The molecule has 2 aromatic rings. The molecule has 18 heavy (non-hydrogen) atoms. The molecule has 2 aromatic carbocycles. The monoisotopic (exact) mass is 233 g/mol. The first-order chi connectivity index (χ1) is 8.81. The summed E-state index contributed by atoms with van der Waals surface area (Å²) in [7, 11) is 0. The standard InChI is InChI=1S/C18H17/c1-3-16-13(2)12-15-10-7-11-17(18(15)16)14-8-5-4-6-9-14/h4-12H,3H2,1-2H3. The molecule has 0 N–H and O–H groups in total. The number of hydrogen-bond acceptors (Lipinski definition) is 0. The number of hydrogen-bond donors (Lipinski definition) is 0. The van der Waals surface area contributed by atoms with Gasteiger partial charge in [0.15, 0.2) is 0 Å². The van der Waals surface area contributed by atoms with Crippen molar-refractivity contribution in [2.75, 3.05) is 0 Å². The quantitative estimate of drug-likeness (QED) is 0.676. The molecular formula is C18H17. The van der Waals surface area contributed by atoms with Crippen LogP contribution in [-0.2, 0) is 0 Å². The van der Waals surface area contributed by atoms with Crippen LogP contribution in [0.15, 0.2) is 54.1 Å². The summed E-state index contributed by atoms with van der Waals surface area (Å²) >= 11 is 0. The van der Waals surface area contributed by atoms with Gasteiger partial charge in [-0.05, 0) is 41.2 Å². The molecule has 0 unspecified atom stereocenters. The number of fused-ring (bicyclic) bond motifs is 1. The number of rotatable bonds is 2. The predicted octanol–water partition coefficient (Wildman–Crippen LogP) is 5.10. The van der Waals surface area contributed by atoms with E-state index in [1.54, 1.807) is 0 Å². The van der Waals surface area contributed by atoms with E-state index in [4.69, 9.17) is 0 Å². The molecule has 0 amide bonds. The van der Waals surface area contributed by atoms with Crippen LogP contribution in [0.1, 0.15) is 31.4 Å². The van der Waals surface area contributed by atoms with Crippen molar-refractivity contribution in [3.8, 4) is 11.1 Å². The summed E-state index contributed by atoms with van der Waals surface area (Å²) in [4.78, 5) is 0. The fourth-order valence-electron chi connectivity index (χ4n) is 2.86. The molecule has 0 atom stereocenters. The molecule has 0 spiro atoms. The lowest BCUT2D eigenvalue weighted by molar-refractivity contribution is 1.23. The van der Waals surface area contributed by atoms with Crippen molar-refractivity contribution < 1.29 is 0 Å². The summed E-state index contributed by atoms with van der Waals surface area (Å²) in [6, 6.07) is 17.3. The predicted molar refractivity (Wildman–Crippen MR) is 78.2 cm³/mol. The molecular weight excluding hydrogens is 216 g/mol. The van der Waals surface area contributed by atoms with Crippen molar-refractivity contribution in [1.82, 2.24) is 0 Å². The lowest BCUT2D eigenvalue weighted by Crippen LogP contribution is -1.89. The first-order valence-electron chi connectivity index (χ1n) is 6.54. The lowest BCUT2D eigenvalue weighted by Gasteiger charge is -2.11. The van der Waals surface area contributed by atoms with Gasteiger partial charge in [-0.25, -0.2) is 0 Å². The molecule has 0 fully saturated rings. The zero-order chi connectivity index (χ0) is 12.5. The van der Waals surface area contributed by atoms with Crippen LogP contribution in [0.4, 0.5) is 0 Å². The smallest absolute Gasteiger partial charge is 0.0164 e. The van der Waals surface area contributed by atoms with E-state index in [1.165, 1.54) is 33.4 Å². The Morgan fingerprint density at radius 1 is 0.889 bits per heavy atom. The molecule has 1 aliphatic carbocycles. The van der Waals surface area contributed by atoms with Gasteiger partial charge in [0, 0.05) is 6.42 Å². The third-order valence-electron chi connectivity index (χ3n) is 3.68. The molecule has 0 heterocycles. The summed E-state index contributed by atoms with van der Waals surface area (Å²) in [6.07, 6.45) is 3.40. The second-order valence-electron chi connectivity index (χ2n) is 4.80. The van der Waals surface area contributed by atoms with Gasteiger partial charge in [-0.2, -0.15) is 0 Å². The molecule has 1 aliphatic rings. The fourth-order valence-corrected chi connectivity index (χ4v) is 2.86. The van der Waals surface area contributed by atoms with Crippen LogP contribution in [0.2, 0.25) is 0 Å². The average molecular weight is 233 g/mol. The number of allylic oxidation sites excluding steroid dienone is 2. The third kappa shape index (κ3) is 1.69. The van der Waals surface area contributed by atoms with Crippen LogP contribution >= 0.6 is 0 Å². The SMILES string of the molecule is CCC1=C(C)[CH]c2cccc(-c3ccccc3)c21. The molecule has 0 aromatic heterocycles. The van der Waals surface area contributed by atoms with Gasteiger partial charge in [0.05, 0.1) is 0 Å². The first kappa shape index (κ1) is 11.3. The van der Waals surface area contributed by atoms with Gasteiger partial charge in [0.2, 0.25) is 0 Å². The summed E-state index contributed by atoms with van der Waals surface area (Å²) in [5, 5.41) is 0. The van der Waals surface area contributed by atoms with Crippen molar-refractivity contribution >= 4 is 5.57 Å². The third-order valence-corrected chi connectivity index (χ3v) is 3.68. The summed E-state index contributed by atoms with van der Waals surface area (Å²) in [5.41, 5.74) is 8.37. The molecule has 0 nitrogen and oxygen atoms in total. The van der Waals surface area contributed by atoms with Crippen LogP contribution in [0.3, 0.4) is 0 Å². The average Bonchev–Trinajstić information content (AvgIpc) is 2.74. The Labute approximate surface area is 109 Å². The minimum atomic E-state index is 1.10. The maximum atomic E-state index is 2.31.